The molecule has 2 N–H and O–H groups in total. The normalized spacial score (nSPS) is 21.2. The number of pyridine rings is 1. The van der Waals surface area contributed by atoms with E-state index >= 15 is 0 Å². The van der Waals surface area contributed by atoms with Crippen molar-refractivity contribution >= 4 is 54.9 Å². The number of nitrogen functional groups attached to an aromatic ring is 1. The summed E-state index contributed by atoms with van der Waals surface area (Å²) in [6, 6.07) is 5.98. The van der Waals surface area contributed by atoms with Crippen LogP contribution in [0.1, 0.15) is 20.9 Å². The molecular formula is C20H21BrN6OS. The molecule has 29 heavy (non-hydrogen) atoms. The lowest BCUT2D eigenvalue weighted by molar-refractivity contribution is 0.0788. The lowest BCUT2D eigenvalue weighted by Gasteiger charge is -2.22. The molecule has 0 aliphatic carbocycles. The molecule has 1 amide bonds. The van der Waals surface area contributed by atoms with Crippen LogP contribution in [0.15, 0.2) is 22.8 Å². The monoisotopic (exact) mass is 472 g/mol. The number of carbonyl (C=O) groups excluding carboxylic acids is 1. The first-order chi connectivity index (χ1) is 13.9. The smallest absolute Gasteiger partial charge is 0.266 e. The fourth-order valence-corrected chi connectivity index (χ4v) is 5.87. The van der Waals surface area contributed by atoms with E-state index in [4.69, 9.17) is 5.73 Å². The zero-order chi connectivity index (χ0) is 20.3. The van der Waals surface area contributed by atoms with Crippen LogP contribution in [0.3, 0.4) is 0 Å². The molecule has 2 aliphatic rings. The van der Waals surface area contributed by atoms with Crippen molar-refractivity contribution in [1.82, 2.24) is 20.1 Å². The first-order valence-electron chi connectivity index (χ1n) is 9.61. The fourth-order valence-electron chi connectivity index (χ4n) is 4.46. The van der Waals surface area contributed by atoms with Crippen molar-refractivity contribution < 1.29 is 4.79 Å². The number of likely N-dealkylation sites (tertiary alicyclic amines) is 1. The Morgan fingerprint density at radius 1 is 1.17 bits per heavy atom. The van der Waals surface area contributed by atoms with Crippen molar-refractivity contribution in [3.63, 3.8) is 0 Å². The van der Waals surface area contributed by atoms with Gasteiger partial charge in [0.2, 0.25) is 0 Å². The van der Waals surface area contributed by atoms with Gasteiger partial charge in [-0.1, -0.05) is 6.07 Å². The molecule has 0 saturated carbocycles. The largest absolute Gasteiger partial charge is 0.397 e. The van der Waals surface area contributed by atoms with E-state index in [0.717, 1.165) is 58.1 Å². The first kappa shape index (κ1) is 18.7. The Balaban J connectivity index is 1.35. The number of halogens is 1. The summed E-state index contributed by atoms with van der Waals surface area (Å²) in [7, 11) is 0. The molecule has 5 heterocycles. The van der Waals surface area contributed by atoms with E-state index < -0.39 is 0 Å². The van der Waals surface area contributed by atoms with E-state index in [1.165, 1.54) is 11.3 Å². The average Bonchev–Trinajstić information content (AvgIpc) is 3.36. The predicted octanol–water partition coefficient (Wildman–Crippen LogP) is 3.26. The Kier molecular flexibility index (Phi) is 4.47. The predicted molar refractivity (Wildman–Crippen MR) is 118 cm³/mol. The maximum Gasteiger partial charge on any atom is 0.266 e. The zero-order valence-electron chi connectivity index (χ0n) is 16.2. The van der Waals surface area contributed by atoms with Crippen molar-refractivity contribution in [1.29, 1.82) is 0 Å². The van der Waals surface area contributed by atoms with Gasteiger partial charge < -0.3 is 15.5 Å². The zero-order valence-corrected chi connectivity index (χ0v) is 18.6. The number of thiophene rings is 1. The molecule has 2 fully saturated rings. The van der Waals surface area contributed by atoms with Gasteiger partial charge >= 0.3 is 0 Å². The molecule has 0 aromatic carbocycles. The van der Waals surface area contributed by atoms with Crippen LogP contribution in [0.5, 0.6) is 0 Å². The number of rotatable bonds is 2. The highest BCUT2D eigenvalue weighted by molar-refractivity contribution is 9.10. The molecule has 3 aromatic rings. The highest BCUT2D eigenvalue weighted by atomic mass is 79.9. The Bertz CT molecular complexity index is 1120. The molecule has 0 bridgehead atoms. The van der Waals surface area contributed by atoms with E-state index in [9.17, 15) is 4.79 Å². The highest BCUT2D eigenvalue weighted by Crippen LogP contribution is 2.38. The molecule has 3 aromatic heterocycles. The van der Waals surface area contributed by atoms with E-state index in [0.29, 0.717) is 22.4 Å². The van der Waals surface area contributed by atoms with Gasteiger partial charge in [0.25, 0.3) is 5.91 Å². The van der Waals surface area contributed by atoms with Crippen molar-refractivity contribution in [3.8, 4) is 0 Å². The number of hydrogen-bond donors (Lipinski definition) is 1. The van der Waals surface area contributed by atoms with E-state index in [2.05, 4.69) is 36.0 Å². The van der Waals surface area contributed by atoms with Gasteiger partial charge in [-0.2, -0.15) is 5.10 Å². The quantitative estimate of drug-likeness (QED) is 0.575. The summed E-state index contributed by atoms with van der Waals surface area (Å²) in [6.45, 7) is 7.24. The molecular weight excluding hydrogens is 452 g/mol. The summed E-state index contributed by atoms with van der Waals surface area (Å²) in [5, 5.41) is 9.29. The lowest BCUT2D eigenvalue weighted by Crippen LogP contribution is -2.33. The average molecular weight is 473 g/mol. The van der Waals surface area contributed by atoms with Gasteiger partial charge in [0.15, 0.2) is 0 Å². The highest BCUT2D eigenvalue weighted by Gasteiger charge is 2.42. The third-order valence-electron chi connectivity index (χ3n) is 6.13. The van der Waals surface area contributed by atoms with Crippen LogP contribution in [0.2, 0.25) is 0 Å². The molecule has 2 atom stereocenters. The number of amides is 1. The second kappa shape index (κ2) is 6.91. The Morgan fingerprint density at radius 2 is 1.90 bits per heavy atom. The minimum atomic E-state index is 0.0177. The van der Waals surface area contributed by atoms with E-state index in [1.807, 2.05) is 36.9 Å². The number of hydrogen-bond acceptors (Lipinski definition) is 7. The van der Waals surface area contributed by atoms with Gasteiger partial charge in [0.05, 0.1) is 11.4 Å². The third-order valence-corrected chi connectivity index (χ3v) is 7.65. The molecule has 7 nitrogen and oxygen atoms in total. The second-order valence-corrected chi connectivity index (χ2v) is 9.70. The van der Waals surface area contributed by atoms with Crippen LogP contribution in [-0.2, 0) is 0 Å². The standard InChI is InChI=1S/C20H21BrN6OS/c1-10-11(2)24-25-19-16(10)17(22)18(29-19)20(28)27-8-12-6-26(7-13(12)9-27)15-5-3-4-14(21)23-15/h3-5,12-13H,6-9,22H2,1-2H3/t12-,13?/m0/s1. The molecule has 150 valence electrons. The topological polar surface area (TPSA) is 88.2 Å². The minimum Gasteiger partial charge on any atom is -0.397 e. The van der Waals surface area contributed by atoms with Crippen LogP contribution in [0.25, 0.3) is 10.2 Å². The summed E-state index contributed by atoms with van der Waals surface area (Å²) in [6.07, 6.45) is 0. The van der Waals surface area contributed by atoms with Gasteiger partial charge in [0.1, 0.15) is 20.1 Å². The van der Waals surface area contributed by atoms with E-state index in [-0.39, 0.29) is 5.91 Å². The number of nitrogens with zero attached hydrogens (tertiary/aromatic N) is 5. The Labute approximate surface area is 181 Å². The summed E-state index contributed by atoms with van der Waals surface area (Å²) < 4.78 is 0.845. The number of carbonyl (C=O) groups is 1. The maximum atomic E-state index is 13.2. The Hall–Kier alpha value is -2.26. The summed E-state index contributed by atoms with van der Waals surface area (Å²) in [5.41, 5.74) is 8.77. The van der Waals surface area contributed by atoms with Gasteiger partial charge in [-0.3, -0.25) is 4.79 Å². The molecule has 0 spiro atoms. The third kappa shape index (κ3) is 3.07. The van der Waals surface area contributed by atoms with Crippen molar-refractivity contribution in [2.24, 2.45) is 11.8 Å². The number of aryl methyl sites for hydroxylation is 2. The fraction of sp³-hybridized carbons (Fsp3) is 0.400. The van der Waals surface area contributed by atoms with Crippen LogP contribution >= 0.6 is 27.3 Å². The SMILES string of the molecule is Cc1nnc2sc(C(=O)N3CC4CN(c5cccc(Br)n5)C[C@H]4C3)c(N)c2c1C. The summed E-state index contributed by atoms with van der Waals surface area (Å²) in [5.74, 6) is 1.92. The van der Waals surface area contributed by atoms with Crippen LogP contribution in [0, 0.1) is 25.7 Å². The van der Waals surface area contributed by atoms with Gasteiger partial charge in [0, 0.05) is 43.4 Å². The molecule has 2 saturated heterocycles. The second-order valence-electron chi connectivity index (χ2n) is 7.89. The molecule has 5 rings (SSSR count). The molecule has 9 heteroatoms. The number of anilines is 2. The molecule has 2 aliphatic heterocycles. The summed E-state index contributed by atoms with van der Waals surface area (Å²) in [4.78, 5) is 23.4. The summed E-state index contributed by atoms with van der Waals surface area (Å²) >= 11 is 4.80. The van der Waals surface area contributed by atoms with Crippen molar-refractivity contribution in [3.05, 3.63) is 38.9 Å². The number of nitrogens with two attached hydrogens (primary N) is 1. The molecule has 0 radical (unpaired) electrons. The van der Waals surface area contributed by atoms with Gasteiger partial charge in [-0.05, 0) is 47.5 Å². The van der Waals surface area contributed by atoms with E-state index in [1.54, 1.807) is 0 Å². The minimum absolute atomic E-state index is 0.0177. The number of fused-ring (bicyclic) bond motifs is 2. The molecule has 1 unspecified atom stereocenters. The van der Waals surface area contributed by atoms with Gasteiger partial charge in [-0.25, -0.2) is 4.98 Å². The van der Waals surface area contributed by atoms with Crippen LogP contribution in [-0.4, -0.2) is 52.2 Å². The first-order valence-corrected chi connectivity index (χ1v) is 11.2. The lowest BCUT2D eigenvalue weighted by atomic mass is 10.0. The maximum absolute atomic E-state index is 13.2. The van der Waals surface area contributed by atoms with Crippen LogP contribution in [0.4, 0.5) is 11.5 Å². The Morgan fingerprint density at radius 3 is 2.59 bits per heavy atom. The number of aromatic nitrogens is 3. The van der Waals surface area contributed by atoms with Gasteiger partial charge in [-0.15, -0.1) is 16.4 Å². The van der Waals surface area contributed by atoms with Crippen LogP contribution < -0.4 is 10.6 Å². The van der Waals surface area contributed by atoms with Crippen molar-refractivity contribution in [2.45, 2.75) is 13.8 Å². The van der Waals surface area contributed by atoms with Crippen molar-refractivity contribution in [2.75, 3.05) is 36.8 Å².